The van der Waals surface area contributed by atoms with Crippen LogP contribution in [0.4, 0.5) is 0 Å². The average molecular weight is 312 g/mol. The molecule has 1 unspecified atom stereocenters. The third kappa shape index (κ3) is 2.57. The van der Waals surface area contributed by atoms with Crippen molar-refractivity contribution in [1.29, 1.82) is 0 Å². The summed E-state index contributed by atoms with van der Waals surface area (Å²) in [7, 11) is -2.46. The molecule has 1 heterocycles. The predicted octanol–water partition coefficient (Wildman–Crippen LogP) is -1.27. The fraction of sp³-hybridized carbons (Fsp3) is 0.500. The second kappa shape index (κ2) is 4.47. The van der Waals surface area contributed by atoms with E-state index in [0.717, 1.165) is 4.68 Å². The minimum Gasteiger partial charge on any atom is -0.368 e. The van der Waals surface area contributed by atoms with E-state index >= 15 is 0 Å². The molecule has 0 aromatic carbocycles. The van der Waals surface area contributed by atoms with E-state index in [-0.39, 0.29) is 9.63 Å². The number of nitrogens with zero attached hydrogens (tertiary/aromatic N) is 3. The van der Waals surface area contributed by atoms with Gasteiger partial charge in [0.25, 0.3) is 10.0 Å². The van der Waals surface area contributed by atoms with Crippen LogP contribution in [0, 0.1) is 0 Å². The zero-order valence-electron chi connectivity index (χ0n) is 8.51. The maximum absolute atomic E-state index is 11.8. The maximum Gasteiger partial charge on any atom is 0.261 e. The third-order valence-electron chi connectivity index (χ3n) is 1.75. The van der Waals surface area contributed by atoms with Gasteiger partial charge in [-0.15, -0.1) is 5.10 Å². The summed E-state index contributed by atoms with van der Waals surface area (Å²) in [6.07, 6.45) is 0. The van der Waals surface area contributed by atoms with Gasteiger partial charge in [0.05, 0.1) is 6.04 Å². The van der Waals surface area contributed by atoms with Gasteiger partial charge in [0.15, 0.2) is 4.60 Å². The van der Waals surface area contributed by atoms with Crippen molar-refractivity contribution in [3.8, 4) is 0 Å². The van der Waals surface area contributed by atoms with Crippen LogP contribution in [0.15, 0.2) is 9.63 Å². The molecular formula is C6H10BrN5O3S. The lowest BCUT2D eigenvalue weighted by molar-refractivity contribution is -0.119. The summed E-state index contributed by atoms with van der Waals surface area (Å²) in [5, 5.41) is 6.88. The van der Waals surface area contributed by atoms with Crippen LogP contribution >= 0.6 is 15.9 Å². The summed E-state index contributed by atoms with van der Waals surface area (Å²) in [4.78, 5) is 10.8. The van der Waals surface area contributed by atoms with Gasteiger partial charge in [0, 0.05) is 7.05 Å². The van der Waals surface area contributed by atoms with Crippen LogP contribution in [-0.4, -0.2) is 35.4 Å². The highest BCUT2D eigenvalue weighted by molar-refractivity contribution is 9.10. The van der Waals surface area contributed by atoms with E-state index in [1.54, 1.807) is 0 Å². The molecule has 1 aromatic rings. The number of carbonyl (C=O) groups excluding carboxylic acids is 1. The van der Waals surface area contributed by atoms with Crippen LogP contribution in [-0.2, 0) is 21.9 Å². The van der Waals surface area contributed by atoms with Crippen LogP contribution < -0.4 is 10.5 Å². The number of aromatic nitrogens is 3. The zero-order chi connectivity index (χ0) is 12.5. The second-order valence-corrected chi connectivity index (χ2v) is 5.43. The molecule has 0 saturated carbocycles. The van der Waals surface area contributed by atoms with E-state index in [1.807, 2.05) is 0 Å². The quantitative estimate of drug-likeness (QED) is 0.718. The highest BCUT2D eigenvalue weighted by Gasteiger charge is 2.26. The maximum atomic E-state index is 11.8. The molecule has 0 spiro atoms. The van der Waals surface area contributed by atoms with Gasteiger partial charge in [-0.2, -0.15) is 4.72 Å². The van der Waals surface area contributed by atoms with Gasteiger partial charge in [-0.25, -0.2) is 13.1 Å². The number of nitrogens with two attached hydrogens (primary N) is 1. The Labute approximate surface area is 100 Å². The van der Waals surface area contributed by atoms with Crippen molar-refractivity contribution in [3.63, 3.8) is 0 Å². The normalized spacial score (nSPS) is 13.7. The lowest BCUT2D eigenvalue weighted by Gasteiger charge is -2.10. The Morgan fingerprint density at radius 3 is 2.56 bits per heavy atom. The molecule has 0 aliphatic rings. The third-order valence-corrected chi connectivity index (χ3v) is 4.18. The average Bonchev–Trinajstić information content (AvgIpc) is 2.45. The molecule has 0 fully saturated rings. The van der Waals surface area contributed by atoms with Crippen molar-refractivity contribution >= 4 is 31.9 Å². The summed E-state index contributed by atoms with van der Waals surface area (Å²) in [6, 6.07) is -1.01. The smallest absolute Gasteiger partial charge is 0.261 e. The van der Waals surface area contributed by atoms with E-state index in [2.05, 4.69) is 31.0 Å². The van der Waals surface area contributed by atoms with Crippen LogP contribution in [0.25, 0.3) is 0 Å². The van der Waals surface area contributed by atoms with E-state index in [0.29, 0.717) is 0 Å². The summed E-state index contributed by atoms with van der Waals surface area (Å²) < 4.78 is 26.8. The summed E-state index contributed by atoms with van der Waals surface area (Å²) in [6.45, 7) is 1.34. The predicted molar refractivity (Wildman–Crippen MR) is 57.7 cm³/mol. The number of halogens is 1. The van der Waals surface area contributed by atoms with Gasteiger partial charge >= 0.3 is 0 Å². The Hall–Kier alpha value is -1.00. The summed E-state index contributed by atoms with van der Waals surface area (Å²) in [5.74, 6) is -0.769. The van der Waals surface area contributed by atoms with Gasteiger partial charge in [-0.05, 0) is 22.9 Å². The van der Waals surface area contributed by atoms with Gasteiger partial charge in [-0.3, -0.25) is 4.79 Å². The van der Waals surface area contributed by atoms with Crippen molar-refractivity contribution in [2.45, 2.75) is 18.0 Å². The molecule has 3 N–H and O–H groups in total. The molecule has 0 radical (unpaired) electrons. The molecule has 8 nitrogen and oxygen atoms in total. The summed E-state index contributed by atoms with van der Waals surface area (Å²) in [5.41, 5.74) is 4.96. The lowest BCUT2D eigenvalue weighted by Crippen LogP contribution is -2.42. The molecule has 0 aliphatic carbocycles. The van der Waals surface area contributed by atoms with Gasteiger partial charge < -0.3 is 5.73 Å². The van der Waals surface area contributed by atoms with E-state index in [1.165, 1.54) is 14.0 Å². The number of hydrogen-bond donors (Lipinski definition) is 2. The first-order valence-corrected chi connectivity index (χ1v) is 6.40. The number of primary amides is 1. The molecule has 10 heteroatoms. The van der Waals surface area contributed by atoms with Crippen molar-refractivity contribution in [2.24, 2.45) is 12.8 Å². The fourth-order valence-corrected chi connectivity index (χ4v) is 3.26. The van der Waals surface area contributed by atoms with Gasteiger partial charge in [-0.1, -0.05) is 5.21 Å². The van der Waals surface area contributed by atoms with E-state index in [9.17, 15) is 13.2 Å². The first-order valence-electron chi connectivity index (χ1n) is 4.12. The standard InChI is InChI=1S/C6H10BrN5O3S/c1-3(5(8)13)10-16(14,15)6-4(7)9-11-12(6)2/h3,10H,1-2H3,(H2,8,13). The van der Waals surface area contributed by atoms with Crippen molar-refractivity contribution < 1.29 is 13.2 Å². The zero-order valence-corrected chi connectivity index (χ0v) is 10.9. The fourth-order valence-electron chi connectivity index (χ4n) is 0.955. The number of aryl methyl sites for hydroxylation is 1. The molecule has 1 aromatic heterocycles. The van der Waals surface area contributed by atoms with Gasteiger partial charge in [0.1, 0.15) is 0 Å². The molecule has 0 saturated heterocycles. The molecule has 0 bridgehead atoms. The van der Waals surface area contributed by atoms with Crippen LogP contribution in [0.2, 0.25) is 0 Å². The number of amides is 1. The van der Waals surface area contributed by atoms with Crippen molar-refractivity contribution in [1.82, 2.24) is 19.7 Å². The first-order chi connectivity index (χ1) is 7.25. The molecule has 16 heavy (non-hydrogen) atoms. The SMILES string of the molecule is CC(NS(=O)(=O)c1c(Br)nnn1C)C(N)=O. The first kappa shape index (κ1) is 13.1. The Morgan fingerprint density at radius 1 is 1.62 bits per heavy atom. The Bertz CT molecular complexity index is 491. The topological polar surface area (TPSA) is 120 Å². The van der Waals surface area contributed by atoms with Crippen LogP contribution in [0.5, 0.6) is 0 Å². The van der Waals surface area contributed by atoms with Crippen molar-refractivity contribution in [2.75, 3.05) is 0 Å². The van der Waals surface area contributed by atoms with E-state index in [4.69, 9.17) is 5.73 Å². The Balaban J connectivity index is 3.09. The van der Waals surface area contributed by atoms with Crippen LogP contribution in [0.3, 0.4) is 0 Å². The Morgan fingerprint density at radius 2 is 2.19 bits per heavy atom. The number of rotatable bonds is 4. The largest absolute Gasteiger partial charge is 0.368 e. The highest BCUT2D eigenvalue weighted by Crippen LogP contribution is 2.17. The molecule has 1 amide bonds. The van der Waals surface area contributed by atoms with Crippen molar-refractivity contribution in [3.05, 3.63) is 4.60 Å². The van der Waals surface area contributed by atoms with Gasteiger partial charge in [0.2, 0.25) is 10.9 Å². The molecule has 1 atom stereocenters. The van der Waals surface area contributed by atoms with Crippen LogP contribution in [0.1, 0.15) is 6.92 Å². The number of sulfonamides is 1. The molecule has 0 aliphatic heterocycles. The number of carbonyl (C=O) groups is 1. The minimum atomic E-state index is -3.88. The highest BCUT2D eigenvalue weighted by atomic mass is 79.9. The summed E-state index contributed by atoms with van der Waals surface area (Å²) >= 11 is 2.95. The molecule has 1 rings (SSSR count). The molecular weight excluding hydrogens is 302 g/mol. The molecule has 90 valence electrons. The monoisotopic (exact) mass is 311 g/mol. The number of hydrogen-bond acceptors (Lipinski definition) is 5. The Kier molecular flexibility index (Phi) is 3.65. The second-order valence-electron chi connectivity index (χ2n) is 3.05. The minimum absolute atomic E-state index is 0.0687. The number of nitrogens with one attached hydrogen (secondary N) is 1. The lowest BCUT2D eigenvalue weighted by atomic mass is 10.4. The van der Waals surface area contributed by atoms with E-state index < -0.39 is 22.0 Å².